The van der Waals surface area contributed by atoms with Crippen molar-refractivity contribution >= 4 is 5.78 Å². The summed E-state index contributed by atoms with van der Waals surface area (Å²) in [5, 5.41) is 9.91. The van der Waals surface area contributed by atoms with Gasteiger partial charge in [0.25, 0.3) is 0 Å². The highest BCUT2D eigenvalue weighted by molar-refractivity contribution is 5.87. The molecular weight excluding hydrogens is 260 g/mol. The van der Waals surface area contributed by atoms with E-state index in [1.54, 1.807) is 0 Å². The fraction of sp³-hybridized carbons (Fsp3) is 0.737. The van der Waals surface area contributed by atoms with Gasteiger partial charge in [0.1, 0.15) is 5.78 Å². The van der Waals surface area contributed by atoms with Crippen LogP contribution in [-0.2, 0) is 4.79 Å². The smallest absolute Gasteiger partial charge is 0.139 e. The lowest BCUT2D eigenvalue weighted by molar-refractivity contribution is -0.131. The average molecular weight is 286 g/mol. The Morgan fingerprint density at radius 1 is 1.24 bits per heavy atom. The minimum Gasteiger partial charge on any atom is -0.389 e. The molecule has 4 aliphatic carbocycles. The quantitative estimate of drug-likeness (QED) is 0.690. The predicted molar refractivity (Wildman–Crippen MR) is 82.6 cm³/mol. The first-order valence-corrected chi connectivity index (χ1v) is 8.55. The molecule has 0 aromatic carbocycles. The number of allylic oxidation sites excluding steroid dienone is 2. The molecule has 0 spiro atoms. The van der Waals surface area contributed by atoms with Gasteiger partial charge in [0, 0.05) is 17.3 Å². The molecule has 0 amide bonds. The Labute approximate surface area is 127 Å². The van der Waals surface area contributed by atoms with Crippen LogP contribution in [0.15, 0.2) is 23.8 Å². The van der Waals surface area contributed by atoms with Gasteiger partial charge in [-0.3, -0.25) is 4.79 Å². The van der Waals surface area contributed by atoms with Crippen molar-refractivity contribution in [3.63, 3.8) is 0 Å². The zero-order valence-electron chi connectivity index (χ0n) is 13.1. The maximum atomic E-state index is 12.3. The van der Waals surface area contributed by atoms with E-state index in [1.165, 1.54) is 5.57 Å². The van der Waals surface area contributed by atoms with Crippen molar-refractivity contribution in [2.24, 2.45) is 28.6 Å². The third kappa shape index (κ3) is 1.72. The number of aliphatic hydroxyl groups excluding tert-OH is 1. The highest BCUT2D eigenvalue weighted by Gasteiger charge is 2.57. The summed E-state index contributed by atoms with van der Waals surface area (Å²) >= 11 is 0. The van der Waals surface area contributed by atoms with Crippen LogP contribution in [0.25, 0.3) is 0 Å². The topological polar surface area (TPSA) is 37.3 Å². The van der Waals surface area contributed by atoms with E-state index in [4.69, 9.17) is 0 Å². The summed E-state index contributed by atoms with van der Waals surface area (Å²) in [6, 6.07) is 0. The number of aliphatic hydroxyl groups is 1. The van der Waals surface area contributed by atoms with Gasteiger partial charge in [0.15, 0.2) is 0 Å². The number of fused-ring (bicyclic) bond motifs is 5. The van der Waals surface area contributed by atoms with Crippen molar-refractivity contribution in [1.82, 2.24) is 0 Å². The van der Waals surface area contributed by atoms with E-state index in [2.05, 4.69) is 26.0 Å². The molecule has 2 nitrogen and oxygen atoms in total. The second-order valence-electron chi connectivity index (χ2n) is 8.17. The van der Waals surface area contributed by atoms with Crippen molar-refractivity contribution in [2.75, 3.05) is 0 Å². The van der Waals surface area contributed by atoms with Crippen LogP contribution in [0.4, 0.5) is 0 Å². The Kier molecular flexibility index (Phi) is 2.83. The van der Waals surface area contributed by atoms with Gasteiger partial charge in [0.05, 0.1) is 6.10 Å². The molecule has 21 heavy (non-hydrogen) atoms. The van der Waals surface area contributed by atoms with Gasteiger partial charge in [-0.2, -0.15) is 0 Å². The average Bonchev–Trinajstić information content (AvgIpc) is 2.76. The Morgan fingerprint density at radius 2 is 2.05 bits per heavy atom. The van der Waals surface area contributed by atoms with Crippen LogP contribution >= 0.6 is 0 Å². The Bertz CT molecular complexity index is 546. The fourth-order valence-corrected chi connectivity index (χ4v) is 6.01. The lowest BCUT2D eigenvalue weighted by Gasteiger charge is -2.55. The van der Waals surface area contributed by atoms with Crippen LogP contribution in [0.1, 0.15) is 52.4 Å². The molecule has 0 saturated heterocycles. The molecule has 114 valence electrons. The first kappa shape index (κ1) is 13.8. The molecular formula is C19H26O2. The van der Waals surface area contributed by atoms with Gasteiger partial charge in [-0.1, -0.05) is 37.6 Å². The van der Waals surface area contributed by atoms with E-state index in [1.807, 2.05) is 6.08 Å². The second-order valence-corrected chi connectivity index (χ2v) is 8.17. The van der Waals surface area contributed by atoms with Crippen molar-refractivity contribution in [3.8, 4) is 0 Å². The highest BCUT2D eigenvalue weighted by Crippen LogP contribution is 2.62. The molecule has 4 rings (SSSR count). The Hall–Kier alpha value is -0.890. The van der Waals surface area contributed by atoms with Crippen molar-refractivity contribution in [1.29, 1.82) is 0 Å². The lowest BCUT2D eigenvalue weighted by Crippen LogP contribution is -2.49. The molecule has 6 atom stereocenters. The van der Waals surface area contributed by atoms with E-state index in [0.717, 1.165) is 38.5 Å². The summed E-state index contributed by atoms with van der Waals surface area (Å²) in [4.78, 5) is 12.3. The first-order valence-electron chi connectivity index (χ1n) is 8.55. The normalized spacial score (nSPS) is 52.0. The molecule has 0 aromatic rings. The van der Waals surface area contributed by atoms with Gasteiger partial charge in [-0.05, 0) is 49.9 Å². The third-order valence-electron chi connectivity index (χ3n) is 7.34. The van der Waals surface area contributed by atoms with Crippen molar-refractivity contribution in [3.05, 3.63) is 23.8 Å². The van der Waals surface area contributed by atoms with Gasteiger partial charge in [0.2, 0.25) is 0 Å². The number of carbonyl (C=O) groups excluding carboxylic acids is 1. The molecule has 2 saturated carbocycles. The summed E-state index contributed by atoms with van der Waals surface area (Å²) in [5.74, 6) is 2.41. The maximum Gasteiger partial charge on any atom is 0.139 e. The lowest BCUT2D eigenvalue weighted by atomic mass is 9.49. The number of hydrogen-bond acceptors (Lipinski definition) is 2. The molecule has 0 radical (unpaired) electrons. The van der Waals surface area contributed by atoms with Gasteiger partial charge in [-0.15, -0.1) is 0 Å². The monoisotopic (exact) mass is 286 g/mol. The first-order chi connectivity index (χ1) is 9.95. The summed E-state index contributed by atoms with van der Waals surface area (Å²) in [6.07, 6.45) is 12.4. The summed E-state index contributed by atoms with van der Waals surface area (Å²) in [7, 11) is 0. The maximum absolute atomic E-state index is 12.3. The third-order valence-corrected chi connectivity index (χ3v) is 7.34. The second kappa shape index (κ2) is 4.32. The number of ketones is 1. The minimum absolute atomic E-state index is 0.0409. The number of carbonyl (C=O) groups is 1. The van der Waals surface area contributed by atoms with E-state index >= 15 is 0 Å². The van der Waals surface area contributed by atoms with Crippen LogP contribution < -0.4 is 0 Å². The predicted octanol–water partition coefficient (Wildman–Crippen LogP) is 3.66. The standard InChI is InChI=1S/C19H26O2/c1-18-9-7-13(20)11-12(18)3-4-14-15-5-6-17(21)19(15,2)10-8-16(14)18/h3,7,9,13-16,20H,4-6,8,10-11H2,1-2H3/t13?,14-,15-,16-,18-,19-/m0/s1. The summed E-state index contributed by atoms with van der Waals surface area (Å²) in [6.45, 7) is 4.59. The largest absolute Gasteiger partial charge is 0.389 e. The van der Waals surface area contributed by atoms with Crippen LogP contribution in [-0.4, -0.2) is 17.0 Å². The molecule has 2 heteroatoms. The number of hydrogen-bond donors (Lipinski definition) is 1. The Morgan fingerprint density at radius 3 is 2.86 bits per heavy atom. The Balaban J connectivity index is 1.72. The summed E-state index contributed by atoms with van der Waals surface area (Å²) < 4.78 is 0. The van der Waals surface area contributed by atoms with Gasteiger partial charge in [-0.25, -0.2) is 0 Å². The molecule has 2 fully saturated rings. The van der Waals surface area contributed by atoms with E-state index in [9.17, 15) is 9.90 Å². The van der Waals surface area contributed by atoms with Crippen LogP contribution in [0.2, 0.25) is 0 Å². The number of Topliss-reactive ketones (excluding diaryl/α,β-unsaturated/α-hetero) is 1. The molecule has 0 heterocycles. The van der Waals surface area contributed by atoms with Crippen LogP contribution in [0.5, 0.6) is 0 Å². The molecule has 0 aliphatic heterocycles. The van der Waals surface area contributed by atoms with Gasteiger partial charge >= 0.3 is 0 Å². The molecule has 1 unspecified atom stereocenters. The molecule has 1 N–H and O–H groups in total. The van der Waals surface area contributed by atoms with E-state index < -0.39 is 0 Å². The van der Waals surface area contributed by atoms with Crippen LogP contribution in [0.3, 0.4) is 0 Å². The van der Waals surface area contributed by atoms with Gasteiger partial charge < -0.3 is 5.11 Å². The zero-order valence-corrected chi connectivity index (χ0v) is 13.1. The fourth-order valence-electron chi connectivity index (χ4n) is 6.01. The van der Waals surface area contributed by atoms with E-state index in [0.29, 0.717) is 23.5 Å². The molecule has 0 aromatic heterocycles. The SMILES string of the molecule is C[C@]12C=CC(O)CC1=CC[C@@H]1[C@@H]2CC[C@]2(C)C(=O)CC[C@@H]12. The van der Waals surface area contributed by atoms with E-state index in [-0.39, 0.29) is 16.9 Å². The van der Waals surface area contributed by atoms with Crippen molar-refractivity contribution in [2.45, 2.75) is 58.5 Å². The molecule has 0 bridgehead atoms. The zero-order chi connectivity index (χ0) is 14.8. The van der Waals surface area contributed by atoms with Crippen molar-refractivity contribution < 1.29 is 9.90 Å². The number of rotatable bonds is 0. The summed E-state index contributed by atoms with van der Waals surface area (Å²) in [5.41, 5.74) is 1.52. The van der Waals surface area contributed by atoms with Crippen LogP contribution in [0, 0.1) is 28.6 Å². The highest BCUT2D eigenvalue weighted by atomic mass is 16.3. The molecule has 4 aliphatic rings. The minimum atomic E-state index is -0.303.